The molecule has 1 aliphatic rings. The smallest absolute Gasteiger partial charge is 0.229 e. The third-order valence-corrected chi connectivity index (χ3v) is 4.99. The van der Waals surface area contributed by atoms with Crippen molar-refractivity contribution in [3.63, 3.8) is 0 Å². The van der Waals surface area contributed by atoms with Crippen LogP contribution in [0.5, 0.6) is 0 Å². The van der Waals surface area contributed by atoms with E-state index in [0.717, 1.165) is 29.4 Å². The zero-order valence-corrected chi connectivity index (χ0v) is 14.7. The number of carbonyl (C=O) groups is 1. The minimum Gasteiger partial charge on any atom is -0.350 e. The van der Waals surface area contributed by atoms with Crippen molar-refractivity contribution in [1.29, 1.82) is 0 Å². The van der Waals surface area contributed by atoms with Crippen molar-refractivity contribution < 1.29 is 9.18 Å². The van der Waals surface area contributed by atoms with Gasteiger partial charge >= 0.3 is 0 Å². The van der Waals surface area contributed by atoms with Crippen LogP contribution in [0, 0.1) is 11.7 Å². The van der Waals surface area contributed by atoms with Crippen LogP contribution in [0.25, 0.3) is 10.9 Å². The molecule has 1 aromatic carbocycles. The topological polar surface area (TPSA) is 50.2 Å². The van der Waals surface area contributed by atoms with Crippen molar-refractivity contribution in [1.82, 2.24) is 14.5 Å². The molecule has 1 fully saturated rings. The lowest BCUT2D eigenvalue weighted by atomic mass is 10.1. The number of hydrogen-bond acceptors (Lipinski definition) is 3. The van der Waals surface area contributed by atoms with Crippen LogP contribution in [-0.4, -0.2) is 33.4 Å². The highest BCUT2D eigenvalue weighted by molar-refractivity contribution is 5.92. The van der Waals surface area contributed by atoms with Gasteiger partial charge in [0.15, 0.2) is 0 Å². The van der Waals surface area contributed by atoms with E-state index < -0.39 is 0 Å². The number of likely N-dealkylation sites (tertiary alicyclic amines) is 1. The third kappa shape index (κ3) is 3.32. The van der Waals surface area contributed by atoms with Crippen LogP contribution in [0.1, 0.15) is 12.0 Å². The van der Waals surface area contributed by atoms with E-state index in [1.54, 1.807) is 24.4 Å². The molecule has 1 aliphatic heterocycles. The lowest BCUT2D eigenvalue weighted by Gasteiger charge is -2.15. The van der Waals surface area contributed by atoms with Gasteiger partial charge < -0.3 is 9.88 Å². The van der Waals surface area contributed by atoms with E-state index in [1.807, 2.05) is 29.9 Å². The number of pyridine rings is 1. The van der Waals surface area contributed by atoms with Gasteiger partial charge in [-0.3, -0.25) is 9.69 Å². The van der Waals surface area contributed by atoms with Crippen LogP contribution in [0.3, 0.4) is 0 Å². The highest BCUT2D eigenvalue weighted by Gasteiger charge is 2.29. The molecule has 6 heteroatoms. The summed E-state index contributed by atoms with van der Waals surface area (Å²) in [6.07, 6.45) is 4.53. The van der Waals surface area contributed by atoms with Crippen molar-refractivity contribution in [2.75, 3.05) is 18.4 Å². The number of benzene rings is 1. The summed E-state index contributed by atoms with van der Waals surface area (Å²) >= 11 is 0. The summed E-state index contributed by atoms with van der Waals surface area (Å²) < 4.78 is 15.7. The fourth-order valence-electron chi connectivity index (χ4n) is 3.67. The molecule has 0 bridgehead atoms. The van der Waals surface area contributed by atoms with Crippen LogP contribution in [0.15, 0.2) is 48.8 Å². The van der Waals surface area contributed by atoms with E-state index in [0.29, 0.717) is 18.9 Å². The molecule has 0 saturated carbocycles. The zero-order chi connectivity index (χ0) is 18.1. The second-order valence-electron chi connectivity index (χ2n) is 6.85. The van der Waals surface area contributed by atoms with E-state index in [1.165, 1.54) is 6.07 Å². The number of aryl methyl sites for hydroxylation is 1. The lowest BCUT2D eigenvalue weighted by Crippen LogP contribution is -2.27. The summed E-state index contributed by atoms with van der Waals surface area (Å²) in [6.45, 7) is 2.27. The maximum Gasteiger partial charge on any atom is 0.229 e. The van der Waals surface area contributed by atoms with Crippen molar-refractivity contribution in [3.8, 4) is 0 Å². The number of fused-ring (bicyclic) bond motifs is 1. The first-order valence-corrected chi connectivity index (χ1v) is 8.78. The molecule has 4 rings (SSSR count). The quantitative estimate of drug-likeness (QED) is 0.785. The van der Waals surface area contributed by atoms with Gasteiger partial charge in [0, 0.05) is 43.4 Å². The summed E-state index contributed by atoms with van der Waals surface area (Å²) in [5, 5.41) is 3.82. The molecule has 2 aromatic heterocycles. The Balaban J connectivity index is 1.43. The van der Waals surface area contributed by atoms with Gasteiger partial charge in [-0.05, 0) is 48.9 Å². The molecular formula is C20H21FN4O. The van der Waals surface area contributed by atoms with Crippen LogP contribution in [0.2, 0.25) is 0 Å². The number of nitrogens with zero attached hydrogens (tertiary/aromatic N) is 3. The highest BCUT2D eigenvalue weighted by Crippen LogP contribution is 2.26. The Morgan fingerprint density at radius 3 is 3.04 bits per heavy atom. The maximum atomic E-state index is 13.6. The molecule has 1 amide bonds. The van der Waals surface area contributed by atoms with E-state index >= 15 is 0 Å². The minimum atomic E-state index is -0.223. The van der Waals surface area contributed by atoms with Gasteiger partial charge in [0.1, 0.15) is 11.6 Å². The summed E-state index contributed by atoms with van der Waals surface area (Å²) in [4.78, 5) is 18.8. The number of amides is 1. The van der Waals surface area contributed by atoms with Crippen molar-refractivity contribution >= 4 is 22.6 Å². The molecule has 5 nitrogen and oxygen atoms in total. The van der Waals surface area contributed by atoms with Crippen molar-refractivity contribution in [2.45, 2.75) is 13.0 Å². The Labute approximate surface area is 151 Å². The Morgan fingerprint density at radius 1 is 1.35 bits per heavy atom. The van der Waals surface area contributed by atoms with E-state index in [-0.39, 0.29) is 17.6 Å². The summed E-state index contributed by atoms with van der Waals surface area (Å²) in [5.74, 6) is 0.318. The highest BCUT2D eigenvalue weighted by atomic mass is 19.1. The molecule has 0 unspecified atom stereocenters. The fourth-order valence-corrected chi connectivity index (χ4v) is 3.67. The third-order valence-electron chi connectivity index (χ3n) is 4.99. The first kappa shape index (κ1) is 16.7. The average Bonchev–Trinajstić information content (AvgIpc) is 3.21. The average molecular weight is 352 g/mol. The molecule has 0 spiro atoms. The number of anilines is 1. The van der Waals surface area contributed by atoms with Gasteiger partial charge in [0.05, 0.1) is 5.92 Å². The monoisotopic (exact) mass is 352 g/mol. The molecule has 0 radical (unpaired) electrons. The van der Waals surface area contributed by atoms with Gasteiger partial charge in [0.2, 0.25) is 5.91 Å². The molecule has 0 aliphatic carbocycles. The number of hydrogen-bond donors (Lipinski definition) is 1. The molecule has 1 N–H and O–H groups in total. The van der Waals surface area contributed by atoms with Crippen LogP contribution in [0.4, 0.5) is 10.2 Å². The Kier molecular flexibility index (Phi) is 4.42. The summed E-state index contributed by atoms with van der Waals surface area (Å²) in [6, 6.07) is 10.3. The van der Waals surface area contributed by atoms with Crippen LogP contribution >= 0.6 is 0 Å². The second-order valence-corrected chi connectivity index (χ2v) is 6.85. The standard InChI is InChI=1S/C20H21FN4O/c1-24-11-15(17-10-16(21)5-6-18(17)24)13-25-9-7-14(12-25)20(26)23-19-4-2-3-8-22-19/h2-6,8,10-11,14H,7,9,12-13H2,1H3,(H,22,23,26)/t14-/m1/s1. The largest absolute Gasteiger partial charge is 0.350 e. The second kappa shape index (κ2) is 6.88. The molecule has 3 heterocycles. The van der Waals surface area contributed by atoms with Crippen LogP contribution < -0.4 is 5.32 Å². The molecule has 3 aromatic rings. The van der Waals surface area contributed by atoms with Gasteiger partial charge in [-0.1, -0.05) is 6.07 Å². The van der Waals surface area contributed by atoms with Gasteiger partial charge in [-0.25, -0.2) is 9.37 Å². The Bertz CT molecular complexity index is 938. The van der Waals surface area contributed by atoms with Crippen molar-refractivity contribution in [3.05, 3.63) is 60.2 Å². The first-order chi connectivity index (χ1) is 12.6. The van der Waals surface area contributed by atoms with Gasteiger partial charge in [-0.2, -0.15) is 0 Å². The molecule has 134 valence electrons. The number of carbonyl (C=O) groups excluding carboxylic acids is 1. The molecular weight excluding hydrogens is 331 g/mol. The molecule has 1 saturated heterocycles. The Hall–Kier alpha value is -2.73. The zero-order valence-electron chi connectivity index (χ0n) is 14.7. The molecule has 1 atom stereocenters. The normalized spacial score (nSPS) is 17.7. The van der Waals surface area contributed by atoms with E-state index in [4.69, 9.17) is 0 Å². The summed E-state index contributed by atoms with van der Waals surface area (Å²) in [7, 11) is 1.97. The number of nitrogens with one attached hydrogen (secondary N) is 1. The SMILES string of the molecule is Cn1cc(CN2CC[C@@H](C(=O)Nc3ccccn3)C2)c2cc(F)ccc21. The van der Waals surface area contributed by atoms with Gasteiger partial charge in [-0.15, -0.1) is 0 Å². The molecule has 26 heavy (non-hydrogen) atoms. The predicted octanol–water partition coefficient (Wildman–Crippen LogP) is 3.17. The first-order valence-electron chi connectivity index (χ1n) is 8.78. The van der Waals surface area contributed by atoms with Gasteiger partial charge in [0.25, 0.3) is 0 Å². The van der Waals surface area contributed by atoms with E-state index in [2.05, 4.69) is 15.2 Å². The minimum absolute atomic E-state index is 0.00941. The Morgan fingerprint density at radius 2 is 2.23 bits per heavy atom. The van der Waals surface area contributed by atoms with Crippen molar-refractivity contribution in [2.24, 2.45) is 13.0 Å². The number of rotatable bonds is 4. The lowest BCUT2D eigenvalue weighted by molar-refractivity contribution is -0.119. The number of halogens is 1. The fraction of sp³-hybridized carbons (Fsp3) is 0.300. The van der Waals surface area contributed by atoms with E-state index in [9.17, 15) is 9.18 Å². The predicted molar refractivity (Wildman–Crippen MR) is 99.1 cm³/mol. The van der Waals surface area contributed by atoms with Crippen LogP contribution in [-0.2, 0) is 18.4 Å². The number of aromatic nitrogens is 2. The maximum absolute atomic E-state index is 13.6. The summed E-state index contributed by atoms with van der Waals surface area (Å²) in [5.41, 5.74) is 2.11.